The molecule has 258 valence electrons. The van der Waals surface area contributed by atoms with Crippen molar-refractivity contribution >= 4 is 16.8 Å². The molecule has 0 aromatic carbocycles. The van der Waals surface area contributed by atoms with E-state index in [1.807, 2.05) is 6.20 Å². The Kier molecular flexibility index (Phi) is 10.7. The Morgan fingerprint density at radius 1 is 0.521 bits per heavy atom. The van der Waals surface area contributed by atoms with Crippen LogP contribution >= 0.6 is 0 Å². The predicted octanol–water partition coefficient (Wildman–Crippen LogP) is 11.9. The highest BCUT2D eigenvalue weighted by Gasteiger charge is 2.17. The largest absolute Gasteiger partial charge is 0.323 e. The number of nitrogens with zero attached hydrogens (tertiary/aromatic N) is 5. The molecule has 0 N–H and O–H groups in total. The Balaban J connectivity index is 0.000000163. The van der Waals surface area contributed by atoms with Gasteiger partial charge < -0.3 is 13.2 Å². The van der Waals surface area contributed by atoms with E-state index < -0.39 is 0 Å². The second-order valence-corrected chi connectivity index (χ2v) is 17.4. The van der Waals surface area contributed by atoms with Crippen molar-refractivity contribution in [1.29, 1.82) is 0 Å². The molecule has 0 unspecified atom stereocenters. The summed E-state index contributed by atoms with van der Waals surface area (Å²) in [5, 5.41) is 0. The summed E-state index contributed by atoms with van der Waals surface area (Å²) >= 11 is 0. The van der Waals surface area contributed by atoms with E-state index >= 15 is 0 Å². The molecule has 48 heavy (non-hydrogen) atoms. The minimum atomic E-state index is 0.187. The van der Waals surface area contributed by atoms with Crippen LogP contribution in [0.5, 0.6) is 0 Å². The van der Waals surface area contributed by atoms with Crippen molar-refractivity contribution < 1.29 is 0 Å². The topological polar surface area (TPSA) is 39.0 Å². The Hall–Kier alpha value is -3.86. The number of imidazole rings is 2. The highest BCUT2D eigenvalue weighted by Crippen LogP contribution is 2.27. The molecule has 6 aromatic heterocycles. The van der Waals surface area contributed by atoms with Crippen LogP contribution in [0.3, 0.4) is 0 Å². The molecule has 0 atom stereocenters. The Morgan fingerprint density at radius 3 is 1.62 bits per heavy atom. The van der Waals surface area contributed by atoms with Gasteiger partial charge in [0, 0.05) is 48.4 Å². The summed E-state index contributed by atoms with van der Waals surface area (Å²) < 4.78 is 6.59. The van der Waals surface area contributed by atoms with Gasteiger partial charge in [0.2, 0.25) is 0 Å². The first-order valence-corrected chi connectivity index (χ1v) is 17.7. The maximum Gasteiger partial charge on any atom is 0.136 e. The van der Waals surface area contributed by atoms with E-state index in [9.17, 15) is 0 Å². The Labute approximate surface area is 290 Å². The predicted molar refractivity (Wildman–Crippen MR) is 206 cm³/mol. The van der Waals surface area contributed by atoms with Crippen LogP contribution in [0.15, 0.2) is 79.6 Å². The molecule has 5 nitrogen and oxygen atoms in total. The molecule has 0 saturated heterocycles. The summed E-state index contributed by atoms with van der Waals surface area (Å²) in [6, 6.07) is 15.3. The van der Waals surface area contributed by atoms with E-state index in [1.54, 1.807) is 0 Å². The fourth-order valence-corrected chi connectivity index (χ4v) is 5.48. The Bertz CT molecular complexity index is 1930. The van der Waals surface area contributed by atoms with Crippen LogP contribution in [0.25, 0.3) is 16.8 Å². The maximum absolute atomic E-state index is 4.60. The number of pyridine rings is 3. The molecule has 0 spiro atoms. The van der Waals surface area contributed by atoms with Crippen LogP contribution in [0.4, 0.5) is 0 Å². The van der Waals surface area contributed by atoms with Gasteiger partial charge in [0.25, 0.3) is 0 Å². The minimum Gasteiger partial charge on any atom is -0.323 e. The fraction of sp³-hybridized carbons (Fsp3) is 0.488. The standard InChI is InChI=1S/C15H21N.2C14H20N2/c1-11(2)12-6-7-14-8-13(15(3,4)5)10-16(14)9-12;1-10(2)12-8-15-13-7-6-11(9-16(12)13)14(3,4)5;1-10(2)12-9-16-8-11(14(3,4)5)6-7-13(16)15-12/h6-11H,1-5H3;2*6-10H,1-5H3. The molecule has 5 heteroatoms. The molecule has 6 heterocycles. The van der Waals surface area contributed by atoms with Crippen LogP contribution in [0.2, 0.25) is 0 Å². The second kappa shape index (κ2) is 13.9. The molecule has 0 aliphatic carbocycles. The van der Waals surface area contributed by atoms with Gasteiger partial charge in [-0.15, -0.1) is 0 Å². The van der Waals surface area contributed by atoms with Gasteiger partial charge in [-0.3, -0.25) is 0 Å². The van der Waals surface area contributed by atoms with Gasteiger partial charge in [0.1, 0.15) is 11.3 Å². The zero-order chi connectivity index (χ0) is 35.8. The zero-order valence-electron chi connectivity index (χ0n) is 32.5. The molecule has 0 fully saturated rings. The number of rotatable bonds is 3. The third kappa shape index (κ3) is 8.78. The van der Waals surface area contributed by atoms with Crippen LogP contribution in [0, 0.1) is 0 Å². The lowest BCUT2D eigenvalue weighted by molar-refractivity contribution is 0.585. The molecule has 6 rings (SSSR count). The van der Waals surface area contributed by atoms with E-state index in [1.165, 1.54) is 33.5 Å². The summed E-state index contributed by atoms with van der Waals surface area (Å²) in [5.41, 5.74) is 11.9. The maximum atomic E-state index is 4.60. The summed E-state index contributed by atoms with van der Waals surface area (Å²) in [5.74, 6) is 1.58. The smallest absolute Gasteiger partial charge is 0.136 e. The third-order valence-corrected chi connectivity index (χ3v) is 9.07. The van der Waals surface area contributed by atoms with Crippen molar-refractivity contribution in [2.24, 2.45) is 0 Å². The summed E-state index contributed by atoms with van der Waals surface area (Å²) in [6.07, 6.45) is 13.0. The van der Waals surface area contributed by atoms with Gasteiger partial charge in [0.05, 0.1) is 5.69 Å². The van der Waals surface area contributed by atoms with Gasteiger partial charge in [-0.25, -0.2) is 9.97 Å². The first-order valence-electron chi connectivity index (χ1n) is 17.7. The number of fused-ring (bicyclic) bond motifs is 3. The minimum absolute atomic E-state index is 0.187. The van der Waals surface area contributed by atoms with E-state index in [0.29, 0.717) is 17.8 Å². The highest BCUT2D eigenvalue weighted by molar-refractivity contribution is 5.53. The molecule has 0 amide bonds. The summed E-state index contributed by atoms with van der Waals surface area (Å²) in [7, 11) is 0. The molecular weight excluding hydrogens is 587 g/mol. The van der Waals surface area contributed by atoms with E-state index in [0.717, 1.165) is 17.0 Å². The molecule has 0 aliphatic rings. The van der Waals surface area contributed by atoms with Crippen molar-refractivity contribution in [3.8, 4) is 0 Å². The number of aromatic nitrogens is 5. The highest BCUT2D eigenvalue weighted by atomic mass is 15.0. The monoisotopic (exact) mass is 647 g/mol. The van der Waals surface area contributed by atoms with Crippen LogP contribution in [0.1, 0.15) is 155 Å². The van der Waals surface area contributed by atoms with Gasteiger partial charge in [-0.05, 0) is 80.5 Å². The molecule has 6 aromatic rings. The SMILES string of the molecule is CC(C)c1ccc2cc(C(C)(C)C)cn2c1.CC(C)c1cn2cc(C(C)(C)C)ccc2n1.CC(C)c1cnc2ccc(C(C)(C)C)cn12. The lowest BCUT2D eigenvalue weighted by Gasteiger charge is -2.19. The van der Waals surface area contributed by atoms with Crippen molar-refractivity contribution in [2.45, 2.75) is 138 Å². The van der Waals surface area contributed by atoms with E-state index in [2.05, 4.69) is 200 Å². The number of hydrogen-bond acceptors (Lipinski definition) is 2. The van der Waals surface area contributed by atoms with Crippen molar-refractivity contribution in [3.63, 3.8) is 0 Å². The molecule has 0 aliphatic heterocycles. The first-order chi connectivity index (χ1) is 22.1. The van der Waals surface area contributed by atoms with Crippen LogP contribution in [-0.2, 0) is 16.2 Å². The molecule has 0 bridgehead atoms. The van der Waals surface area contributed by atoms with Crippen molar-refractivity contribution in [3.05, 3.63) is 113 Å². The molecule has 0 radical (unpaired) electrons. The molecule has 0 saturated carbocycles. The lowest BCUT2D eigenvalue weighted by atomic mass is 9.88. The second-order valence-electron chi connectivity index (χ2n) is 17.4. The fourth-order valence-electron chi connectivity index (χ4n) is 5.48. The average Bonchev–Trinajstić information content (AvgIpc) is 3.72. The first kappa shape index (κ1) is 37.0. The quantitative estimate of drug-likeness (QED) is 0.192. The summed E-state index contributed by atoms with van der Waals surface area (Å²) in [4.78, 5) is 9.02. The van der Waals surface area contributed by atoms with E-state index in [-0.39, 0.29) is 16.2 Å². The van der Waals surface area contributed by atoms with Crippen molar-refractivity contribution in [2.75, 3.05) is 0 Å². The van der Waals surface area contributed by atoms with Gasteiger partial charge in [-0.2, -0.15) is 0 Å². The third-order valence-electron chi connectivity index (χ3n) is 9.07. The van der Waals surface area contributed by atoms with Crippen LogP contribution < -0.4 is 0 Å². The van der Waals surface area contributed by atoms with Gasteiger partial charge >= 0.3 is 0 Å². The average molecular weight is 648 g/mol. The normalized spacial score (nSPS) is 12.6. The summed E-state index contributed by atoms with van der Waals surface area (Å²) in [6.45, 7) is 33.4. The molecular formula is C43H61N5. The van der Waals surface area contributed by atoms with E-state index in [4.69, 9.17) is 0 Å². The lowest BCUT2D eigenvalue weighted by Crippen LogP contribution is -2.12. The Morgan fingerprint density at radius 2 is 1.08 bits per heavy atom. The number of hydrogen-bond donors (Lipinski definition) is 0. The van der Waals surface area contributed by atoms with Crippen LogP contribution in [-0.4, -0.2) is 23.2 Å². The van der Waals surface area contributed by atoms with Gasteiger partial charge in [0.15, 0.2) is 0 Å². The van der Waals surface area contributed by atoms with Crippen molar-refractivity contribution in [1.82, 2.24) is 23.2 Å². The van der Waals surface area contributed by atoms with Gasteiger partial charge in [-0.1, -0.05) is 122 Å². The zero-order valence-corrected chi connectivity index (χ0v) is 32.5.